The van der Waals surface area contributed by atoms with Crippen LogP contribution in [0.5, 0.6) is 0 Å². The first-order chi connectivity index (χ1) is 8.15. The maximum absolute atomic E-state index is 5.50. The van der Waals surface area contributed by atoms with Crippen molar-refractivity contribution in [2.45, 2.75) is 17.8 Å². The van der Waals surface area contributed by atoms with Crippen LogP contribution in [0.3, 0.4) is 0 Å². The molecule has 17 heavy (non-hydrogen) atoms. The molecule has 0 aliphatic heterocycles. The van der Waals surface area contributed by atoms with E-state index in [2.05, 4.69) is 34.0 Å². The van der Waals surface area contributed by atoms with Crippen molar-refractivity contribution in [2.75, 3.05) is 11.5 Å². The SMILES string of the molecule is Cc1ccccc1CSc1nc(N)nc(N)n1. The van der Waals surface area contributed by atoms with Crippen LogP contribution >= 0.6 is 11.8 Å². The predicted octanol–water partition coefficient (Wildman–Crippen LogP) is 1.64. The normalized spacial score (nSPS) is 10.4. The number of benzene rings is 1. The van der Waals surface area contributed by atoms with Crippen LogP contribution < -0.4 is 11.5 Å². The minimum absolute atomic E-state index is 0.157. The van der Waals surface area contributed by atoms with Crippen LogP contribution in [0.15, 0.2) is 29.4 Å². The van der Waals surface area contributed by atoms with E-state index in [1.54, 1.807) is 0 Å². The van der Waals surface area contributed by atoms with Gasteiger partial charge in [0.1, 0.15) is 0 Å². The van der Waals surface area contributed by atoms with Gasteiger partial charge < -0.3 is 11.5 Å². The largest absolute Gasteiger partial charge is 0.368 e. The van der Waals surface area contributed by atoms with Crippen molar-refractivity contribution in [1.29, 1.82) is 0 Å². The van der Waals surface area contributed by atoms with Crippen LogP contribution in [0.2, 0.25) is 0 Å². The lowest BCUT2D eigenvalue weighted by atomic mass is 10.1. The summed E-state index contributed by atoms with van der Waals surface area (Å²) in [4.78, 5) is 11.8. The summed E-state index contributed by atoms with van der Waals surface area (Å²) in [5.41, 5.74) is 13.5. The fraction of sp³-hybridized carbons (Fsp3) is 0.182. The minimum Gasteiger partial charge on any atom is -0.368 e. The molecule has 6 heteroatoms. The molecule has 0 saturated heterocycles. The molecule has 2 aromatic rings. The zero-order valence-corrected chi connectivity index (χ0v) is 10.2. The van der Waals surface area contributed by atoms with Crippen LogP contribution in [-0.4, -0.2) is 15.0 Å². The molecular weight excluding hydrogens is 234 g/mol. The summed E-state index contributed by atoms with van der Waals surface area (Å²) in [5.74, 6) is 1.10. The van der Waals surface area contributed by atoms with E-state index >= 15 is 0 Å². The quantitative estimate of drug-likeness (QED) is 0.801. The highest BCUT2D eigenvalue weighted by Crippen LogP contribution is 2.21. The Labute approximate surface area is 104 Å². The summed E-state index contributed by atoms with van der Waals surface area (Å²) in [5, 5.41) is 0.554. The number of hydrogen-bond acceptors (Lipinski definition) is 6. The van der Waals surface area contributed by atoms with E-state index in [0.717, 1.165) is 5.75 Å². The number of aryl methyl sites for hydroxylation is 1. The summed E-state index contributed by atoms with van der Waals surface area (Å²) in [6.07, 6.45) is 0. The second-order valence-electron chi connectivity index (χ2n) is 3.55. The van der Waals surface area contributed by atoms with Gasteiger partial charge in [0.05, 0.1) is 0 Å². The molecule has 1 heterocycles. The fourth-order valence-electron chi connectivity index (χ4n) is 1.37. The molecule has 0 atom stereocenters. The first-order valence-electron chi connectivity index (χ1n) is 5.09. The average Bonchev–Trinajstić information content (AvgIpc) is 2.27. The Bertz CT molecular complexity index is 509. The summed E-state index contributed by atoms with van der Waals surface area (Å²) in [6, 6.07) is 8.18. The summed E-state index contributed by atoms with van der Waals surface area (Å²) in [7, 11) is 0. The van der Waals surface area contributed by atoms with Crippen molar-refractivity contribution in [3.8, 4) is 0 Å². The molecular formula is C11H13N5S. The lowest BCUT2D eigenvalue weighted by Crippen LogP contribution is -2.03. The van der Waals surface area contributed by atoms with Crippen molar-refractivity contribution in [2.24, 2.45) is 0 Å². The van der Waals surface area contributed by atoms with E-state index in [4.69, 9.17) is 11.5 Å². The molecule has 0 aliphatic carbocycles. The summed E-state index contributed by atoms with van der Waals surface area (Å²) in [6.45, 7) is 2.08. The van der Waals surface area contributed by atoms with E-state index in [1.165, 1.54) is 22.9 Å². The molecule has 1 aromatic heterocycles. The molecule has 0 unspecified atom stereocenters. The van der Waals surface area contributed by atoms with Crippen molar-refractivity contribution >= 4 is 23.7 Å². The summed E-state index contributed by atoms with van der Waals surface area (Å²) >= 11 is 1.49. The number of anilines is 2. The van der Waals surface area contributed by atoms with Crippen LogP contribution in [0.25, 0.3) is 0 Å². The lowest BCUT2D eigenvalue weighted by Gasteiger charge is -2.04. The van der Waals surface area contributed by atoms with Gasteiger partial charge in [-0.3, -0.25) is 0 Å². The smallest absolute Gasteiger partial charge is 0.225 e. The van der Waals surface area contributed by atoms with Gasteiger partial charge in [-0.1, -0.05) is 36.0 Å². The minimum atomic E-state index is 0.157. The topological polar surface area (TPSA) is 90.7 Å². The molecule has 88 valence electrons. The van der Waals surface area contributed by atoms with Gasteiger partial charge in [0.25, 0.3) is 0 Å². The van der Waals surface area contributed by atoms with E-state index in [0.29, 0.717) is 5.16 Å². The van der Waals surface area contributed by atoms with Gasteiger partial charge in [-0.25, -0.2) is 0 Å². The number of nitrogens with two attached hydrogens (primary N) is 2. The van der Waals surface area contributed by atoms with Crippen molar-refractivity contribution in [3.05, 3.63) is 35.4 Å². The van der Waals surface area contributed by atoms with Gasteiger partial charge in [-0.15, -0.1) is 0 Å². The van der Waals surface area contributed by atoms with Gasteiger partial charge in [0.2, 0.25) is 11.9 Å². The predicted molar refractivity (Wildman–Crippen MR) is 69.4 cm³/mol. The van der Waals surface area contributed by atoms with Crippen LogP contribution in [0, 0.1) is 6.92 Å². The Morgan fingerprint density at radius 2 is 1.71 bits per heavy atom. The number of rotatable bonds is 3. The second kappa shape index (κ2) is 5.01. The third kappa shape index (κ3) is 3.07. The number of nitrogens with zero attached hydrogens (tertiary/aromatic N) is 3. The van der Waals surface area contributed by atoms with Gasteiger partial charge in [0.15, 0.2) is 5.16 Å². The van der Waals surface area contributed by atoms with Crippen LogP contribution in [-0.2, 0) is 5.75 Å². The maximum atomic E-state index is 5.50. The van der Waals surface area contributed by atoms with E-state index < -0.39 is 0 Å². The second-order valence-corrected chi connectivity index (χ2v) is 4.49. The fourth-order valence-corrected chi connectivity index (χ4v) is 2.29. The molecule has 0 radical (unpaired) electrons. The Morgan fingerprint density at radius 3 is 2.35 bits per heavy atom. The molecule has 0 spiro atoms. The number of hydrogen-bond donors (Lipinski definition) is 2. The van der Waals surface area contributed by atoms with Crippen molar-refractivity contribution in [3.63, 3.8) is 0 Å². The van der Waals surface area contributed by atoms with Gasteiger partial charge in [0, 0.05) is 5.75 Å². The van der Waals surface area contributed by atoms with E-state index in [1.807, 2.05) is 12.1 Å². The van der Waals surface area contributed by atoms with Crippen LogP contribution in [0.4, 0.5) is 11.9 Å². The maximum Gasteiger partial charge on any atom is 0.225 e. The molecule has 0 aliphatic rings. The molecule has 0 fully saturated rings. The molecule has 5 nitrogen and oxygen atoms in total. The highest BCUT2D eigenvalue weighted by Gasteiger charge is 2.04. The lowest BCUT2D eigenvalue weighted by molar-refractivity contribution is 0.929. The number of aromatic nitrogens is 3. The molecule has 1 aromatic carbocycles. The zero-order valence-electron chi connectivity index (χ0n) is 9.42. The van der Waals surface area contributed by atoms with Crippen molar-refractivity contribution in [1.82, 2.24) is 15.0 Å². The number of thioether (sulfide) groups is 1. The Kier molecular flexibility index (Phi) is 3.43. The Hall–Kier alpha value is -1.82. The molecule has 0 bridgehead atoms. The van der Waals surface area contributed by atoms with Crippen LogP contribution in [0.1, 0.15) is 11.1 Å². The third-order valence-corrected chi connectivity index (χ3v) is 3.16. The molecule has 0 amide bonds. The van der Waals surface area contributed by atoms with Gasteiger partial charge in [-0.05, 0) is 18.1 Å². The van der Waals surface area contributed by atoms with Gasteiger partial charge in [-0.2, -0.15) is 15.0 Å². The Balaban J connectivity index is 2.10. The molecule has 2 rings (SSSR count). The molecule has 0 saturated carbocycles. The zero-order chi connectivity index (χ0) is 12.3. The molecule has 4 N–H and O–H groups in total. The monoisotopic (exact) mass is 247 g/mol. The van der Waals surface area contributed by atoms with E-state index in [9.17, 15) is 0 Å². The first kappa shape index (κ1) is 11.7. The average molecular weight is 247 g/mol. The first-order valence-corrected chi connectivity index (χ1v) is 6.08. The third-order valence-electron chi connectivity index (χ3n) is 2.27. The standard InChI is InChI=1S/C11H13N5S/c1-7-4-2-3-5-8(7)6-17-11-15-9(12)14-10(13)16-11/h2-5H,6H2,1H3,(H4,12,13,14,15,16). The van der Waals surface area contributed by atoms with Crippen molar-refractivity contribution < 1.29 is 0 Å². The summed E-state index contributed by atoms with van der Waals surface area (Å²) < 4.78 is 0. The number of nitrogen functional groups attached to an aromatic ring is 2. The highest BCUT2D eigenvalue weighted by molar-refractivity contribution is 7.98. The Morgan fingerprint density at radius 1 is 1.06 bits per heavy atom. The van der Waals surface area contributed by atoms with Gasteiger partial charge >= 0.3 is 0 Å². The highest BCUT2D eigenvalue weighted by atomic mass is 32.2. The van der Waals surface area contributed by atoms with E-state index in [-0.39, 0.29) is 11.9 Å².